The maximum atomic E-state index is 4.85. The Hall–Kier alpha value is 1.16. The van der Waals surface area contributed by atoms with Crippen molar-refractivity contribution in [3.8, 4) is 0 Å². The fraction of sp³-hybridized carbons (Fsp3) is 0.750. The summed E-state index contributed by atoms with van der Waals surface area (Å²) in [5, 5.41) is 0. The van der Waals surface area contributed by atoms with Gasteiger partial charge >= 0.3 is 29.6 Å². The second kappa shape index (κ2) is 12.8. The number of thiocarbonyl (C=S) groups is 1. The van der Waals surface area contributed by atoms with Gasteiger partial charge in [-0.15, -0.1) is 0 Å². The summed E-state index contributed by atoms with van der Waals surface area (Å²) in [6.07, 6.45) is 0.157. The molecule has 4 N–H and O–H groups in total. The Morgan fingerprint density at radius 3 is 1.80 bits per heavy atom. The zero-order valence-electron chi connectivity index (χ0n) is 7.34. The molecule has 0 saturated heterocycles. The van der Waals surface area contributed by atoms with Crippen LogP contribution in [0.3, 0.4) is 0 Å². The van der Waals surface area contributed by atoms with Gasteiger partial charge in [0.05, 0.1) is 6.10 Å². The molecule has 0 radical (unpaired) electrons. The average Bonchev–Trinajstić information content (AvgIpc) is 1.27. The Kier molecular flexibility index (Phi) is 28.8. The fourth-order valence-electron chi connectivity index (χ4n) is 0.202. The van der Waals surface area contributed by atoms with E-state index in [4.69, 9.17) is 4.74 Å². The maximum absolute atomic E-state index is 4.85. The van der Waals surface area contributed by atoms with Gasteiger partial charge in [-0.1, -0.05) is 12.6 Å². The van der Waals surface area contributed by atoms with Gasteiger partial charge in [0.25, 0.3) is 0 Å². The molecule has 6 heteroatoms. The van der Waals surface area contributed by atoms with Crippen LogP contribution in [0, 0.1) is 0 Å². The topological polar surface area (TPSA) is 72.2 Å². The second-order valence-electron chi connectivity index (χ2n) is 1.43. The van der Waals surface area contributed by atoms with Gasteiger partial charge in [-0.05, 0) is 26.1 Å². The first-order valence-electron chi connectivity index (χ1n) is 2.02. The largest absolute Gasteiger partial charge is 1.00 e. The summed E-state index contributed by atoms with van der Waals surface area (Å²) < 4.78 is 5.16. The van der Waals surface area contributed by atoms with Gasteiger partial charge in [0, 0.05) is 0 Å². The van der Waals surface area contributed by atoms with E-state index in [1.807, 2.05) is 13.8 Å². The molecule has 0 unspecified atom stereocenters. The standard InChI is InChI=1S/C4H8OS2.Na.2H2O.H/c1-3(2)5-4(6)7;;;;/h3H,1-2H3,(H,6,7);;2*1H2;/q;+1;;;-1. The van der Waals surface area contributed by atoms with Gasteiger partial charge in [0.2, 0.25) is 4.38 Å². The Morgan fingerprint density at radius 1 is 1.50 bits per heavy atom. The molecule has 60 valence electrons. The van der Waals surface area contributed by atoms with E-state index >= 15 is 0 Å². The third-order valence-corrected chi connectivity index (χ3v) is 0.538. The van der Waals surface area contributed by atoms with Crippen LogP contribution in [0.5, 0.6) is 0 Å². The van der Waals surface area contributed by atoms with Gasteiger partial charge in [0.15, 0.2) is 0 Å². The van der Waals surface area contributed by atoms with Gasteiger partial charge in [-0.2, -0.15) is 0 Å². The van der Waals surface area contributed by atoms with Crippen molar-refractivity contribution in [3.05, 3.63) is 0 Å². The van der Waals surface area contributed by atoms with E-state index in [0.29, 0.717) is 4.38 Å². The summed E-state index contributed by atoms with van der Waals surface area (Å²) in [6.45, 7) is 3.81. The van der Waals surface area contributed by atoms with Crippen LogP contribution in [-0.4, -0.2) is 21.4 Å². The van der Waals surface area contributed by atoms with Crippen LogP contribution in [0.25, 0.3) is 0 Å². The predicted octanol–water partition coefficient (Wildman–Crippen LogP) is -2.91. The fourth-order valence-corrected chi connectivity index (χ4v) is 0.605. The smallest absolute Gasteiger partial charge is 1.00 e. The Balaban J connectivity index is -0.0000000300. The molecule has 0 aromatic carbocycles. The van der Waals surface area contributed by atoms with Gasteiger partial charge in [0.1, 0.15) is 0 Å². The molecule has 0 aromatic heterocycles. The molecule has 0 bridgehead atoms. The Bertz CT molecular complexity index is 83.7. The molecule has 0 fully saturated rings. The molecule has 0 aliphatic carbocycles. The molecule has 3 nitrogen and oxygen atoms in total. The zero-order chi connectivity index (χ0) is 5.86. The van der Waals surface area contributed by atoms with Crippen LogP contribution >= 0.6 is 24.8 Å². The number of hydrogen-bond donors (Lipinski definition) is 1. The van der Waals surface area contributed by atoms with E-state index in [0.717, 1.165) is 0 Å². The van der Waals surface area contributed by atoms with Crippen LogP contribution in [0.4, 0.5) is 0 Å². The van der Waals surface area contributed by atoms with Gasteiger partial charge in [-0.3, -0.25) is 0 Å². The molecule has 0 atom stereocenters. The van der Waals surface area contributed by atoms with Crippen molar-refractivity contribution in [1.82, 2.24) is 0 Å². The monoisotopic (exact) mass is 196 g/mol. The molecule has 0 amide bonds. The van der Waals surface area contributed by atoms with Gasteiger partial charge in [-0.25, -0.2) is 0 Å². The molecule has 0 rings (SSSR count). The Morgan fingerprint density at radius 2 is 1.80 bits per heavy atom. The predicted molar refractivity (Wildman–Crippen MR) is 46.1 cm³/mol. The molecule has 0 aliphatic heterocycles. The third kappa shape index (κ3) is 22.9. The number of thiol groups is 1. The summed E-state index contributed by atoms with van der Waals surface area (Å²) in [7, 11) is 0. The van der Waals surface area contributed by atoms with Crippen LogP contribution in [0.1, 0.15) is 15.3 Å². The van der Waals surface area contributed by atoms with Crippen molar-refractivity contribution in [2.24, 2.45) is 0 Å². The van der Waals surface area contributed by atoms with E-state index in [2.05, 4.69) is 24.8 Å². The zero-order valence-corrected chi connectivity index (χ0v) is 10.1. The van der Waals surface area contributed by atoms with Crippen LogP contribution in [-0.2, 0) is 4.74 Å². The van der Waals surface area contributed by atoms with Crippen molar-refractivity contribution in [1.29, 1.82) is 0 Å². The van der Waals surface area contributed by atoms with E-state index in [1.54, 1.807) is 0 Å². The van der Waals surface area contributed by atoms with E-state index in [9.17, 15) is 0 Å². The number of ether oxygens (including phenoxy) is 1. The molecular weight excluding hydrogens is 183 g/mol. The second-order valence-corrected chi connectivity index (χ2v) is 2.51. The van der Waals surface area contributed by atoms with Crippen molar-refractivity contribution in [2.45, 2.75) is 20.0 Å². The number of rotatable bonds is 1. The molecule has 0 spiro atoms. The summed E-state index contributed by atoms with van der Waals surface area (Å²) in [4.78, 5) is 0. The molecule has 10 heavy (non-hydrogen) atoms. The molecule has 0 aliphatic rings. The minimum atomic E-state index is 0. The minimum Gasteiger partial charge on any atom is -1.00 e. The van der Waals surface area contributed by atoms with Crippen molar-refractivity contribution < 1.29 is 46.7 Å². The van der Waals surface area contributed by atoms with Crippen LogP contribution in [0.2, 0.25) is 0 Å². The van der Waals surface area contributed by atoms with Gasteiger partial charge < -0.3 is 17.1 Å². The first kappa shape index (κ1) is 22.5. The SMILES string of the molecule is CC(C)OC(=S)S.O.O.[H-].[Na+]. The van der Waals surface area contributed by atoms with E-state index < -0.39 is 0 Å². The van der Waals surface area contributed by atoms with E-state index in [1.165, 1.54) is 0 Å². The van der Waals surface area contributed by atoms with Crippen molar-refractivity contribution in [2.75, 3.05) is 0 Å². The molecular formula is C4H13NaO3S2. The number of hydrogen-bond acceptors (Lipinski definition) is 2. The summed E-state index contributed by atoms with van der Waals surface area (Å²) in [5.41, 5.74) is 0. The average molecular weight is 196 g/mol. The quantitative estimate of drug-likeness (QED) is 0.277. The maximum Gasteiger partial charge on any atom is 1.00 e. The normalized spacial score (nSPS) is 6.40. The molecule has 0 saturated carbocycles. The molecule has 0 heterocycles. The first-order chi connectivity index (χ1) is 3.13. The summed E-state index contributed by atoms with van der Waals surface area (Å²) >= 11 is 8.26. The summed E-state index contributed by atoms with van der Waals surface area (Å²) in [5.74, 6) is 0. The van der Waals surface area contributed by atoms with Crippen LogP contribution < -0.4 is 29.6 Å². The van der Waals surface area contributed by atoms with Crippen LogP contribution in [0.15, 0.2) is 0 Å². The first-order valence-corrected chi connectivity index (χ1v) is 2.88. The van der Waals surface area contributed by atoms with Crippen molar-refractivity contribution >= 4 is 29.2 Å². The Labute approximate surface area is 95.3 Å². The minimum absolute atomic E-state index is 0. The van der Waals surface area contributed by atoms with Crippen molar-refractivity contribution in [3.63, 3.8) is 0 Å². The van der Waals surface area contributed by atoms with E-state index in [-0.39, 0.29) is 48.0 Å². The third-order valence-electron chi connectivity index (χ3n) is 0.337. The molecule has 0 aromatic rings. The summed E-state index contributed by atoms with van der Waals surface area (Å²) in [6, 6.07) is 0.